The van der Waals surface area contributed by atoms with E-state index in [1.807, 2.05) is 12.1 Å². The molecule has 0 saturated carbocycles. The highest BCUT2D eigenvalue weighted by atomic mass is 31.2. The van der Waals surface area contributed by atoms with Crippen LogP contribution in [0.2, 0.25) is 0 Å². The van der Waals surface area contributed by atoms with Gasteiger partial charge in [0.25, 0.3) is 0 Å². The highest BCUT2D eigenvalue weighted by molar-refractivity contribution is 7.54. The van der Waals surface area contributed by atoms with E-state index in [1.54, 1.807) is 24.3 Å². The van der Waals surface area contributed by atoms with Crippen molar-refractivity contribution in [3.8, 4) is 11.8 Å². The highest BCUT2D eigenvalue weighted by Gasteiger charge is 2.32. The van der Waals surface area contributed by atoms with E-state index in [4.69, 9.17) is 19.1 Å². The lowest BCUT2D eigenvalue weighted by atomic mass is 10.2. The van der Waals surface area contributed by atoms with Gasteiger partial charge in [0.05, 0.1) is 17.8 Å². The second kappa shape index (κ2) is 11.1. The van der Waals surface area contributed by atoms with Gasteiger partial charge in [-0.15, -0.1) is 0 Å². The van der Waals surface area contributed by atoms with E-state index in [2.05, 4.69) is 0 Å². The van der Waals surface area contributed by atoms with Gasteiger partial charge in [-0.2, -0.15) is 5.26 Å². The predicted octanol–water partition coefficient (Wildman–Crippen LogP) is 3.21. The van der Waals surface area contributed by atoms with Crippen molar-refractivity contribution in [3.63, 3.8) is 0 Å². The van der Waals surface area contributed by atoms with Crippen LogP contribution in [0, 0.1) is 11.3 Å². The van der Waals surface area contributed by atoms with Crippen LogP contribution in [-0.4, -0.2) is 41.9 Å². The van der Waals surface area contributed by atoms with Gasteiger partial charge in [0.15, 0.2) is 6.04 Å². The third-order valence-corrected chi connectivity index (χ3v) is 5.95. The summed E-state index contributed by atoms with van der Waals surface area (Å²) in [5.74, 6) is -1.12. The number of amides is 1. The molecule has 1 N–H and O–H groups in total. The molecule has 2 aromatic carbocycles. The van der Waals surface area contributed by atoms with Crippen LogP contribution in [0.3, 0.4) is 0 Å². The summed E-state index contributed by atoms with van der Waals surface area (Å²) < 4.78 is 23.3. The number of carboxylic acid groups (broad SMARTS) is 1. The topological polar surface area (TPSA) is 126 Å². The van der Waals surface area contributed by atoms with E-state index < -0.39 is 19.6 Å². The first kappa shape index (κ1) is 23.1. The van der Waals surface area contributed by atoms with Crippen LogP contribution in [0.5, 0.6) is 5.75 Å². The lowest BCUT2D eigenvalue weighted by molar-refractivity contribution is -0.200. The molecular formula is C20H21N2O7P. The number of hydrogen-bond acceptors (Lipinski definition) is 7. The number of nitrogens with zero attached hydrogens (tertiary/aromatic N) is 2. The SMILES string of the molecule is COP(=O)(CCC(C(=O)O)N(C=O)OCc1ccccc1)Oc1ccc(C#N)cc1. The second-order valence-electron chi connectivity index (χ2n) is 6.11. The van der Waals surface area contributed by atoms with Crippen LogP contribution in [0.15, 0.2) is 54.6 Å². The maximum absolute atomic E-state index is 12.9. The molecule has 30 heavy (non-hydrogen) atoms. The highest BCUT2D eigenvalue weighted by Crippen LogP contribution is 2.48. The Hall–Kier alpha value is -3.18. The summed E-state index contributed by atoms with van der Waals surface area (Å²) in [6.07, 6.45) is -0.245. The summed E-state index contributed by atoms with van der Waals surface area (Å²) in [5.41, 5.74) is 1.15. The zero-order chi connectivity index (χ0) is 22.0. The van der Waals surface area contributed by atoms with Crippen molar-refractivity contribution in [2.24, 2.45) is 0 Å². The lowest BCUT2D eigenvalue weighted by Crippen LogP contribution is -2.41. The van der Waals surface area contributed by atoms with Gasteiger partial charge in [0, 0.05) is 7.11 Å². The summed E-state index contributed by atoms with van der Waals surface area (Å²) in [6.45, 7) is -0.00690. The fraction of sp³-hybridized carbons (Fsp3) is 0.250. The molecule has 1 amide bonds. The first-order chi connectivity index (χ1) is 14.4. The lowest BCUT2D eigenvalue weighted by Gasteiger charge is -2.25. The summed E-state index contributed by atoms with van der Waals surface area (Å²) in [4.78, 5) is 28.4. The molecule has 2 atom stereocenters. The van der Waals surface area contributed by atoms with Crippen LogP contribution in [0.25, 0.3) is 0 Å². The molecule has 0 aliphatic heterocycles. The molecule has 0 radical (unpaired) electrons. The van der Waals surface area contributed by atoms with Crippen molar-refractivity contribution in [3.05, 3.63) is 65.7 Å². The van der Waals surface area contributed by atoms with Gasteiger partial charge in [-0.05, 0) is 36.2 Å². The van der Waals surface area contributed by atoms with Gasteiger partial charge in [-0.25, -0.2) is 14.4 Å². The maximum Gasteiger partial charge on any atom is 0.379 e. The molecule has 9 nitrogen and oxygen atoms in total. The average molecular weight is 432 g/mol. The Bertz CT molecular complexity index is 928. The quantitative estimate of drug-likeness (QED) is 0.308. The molecule has 0 fully saturated rings. The normalized spacial score (nSPS) is 13.5. The molecule has 0 bridgehead atoms. The Morgan fingerprint density at radius 2 is 1.90 bits per heavy atom. The summed E-state index contributed by atoms with van der Waals surface area (Å²) in [7, 11) is -2.53. The van der Waals surface area contributed by atoms with Crippen LogP contribution in [-0.2, 0) is 30.1 Å². The van der Waals surface area contributed by atoms with E-state index in [9.17, 15) is 19.3 Å². The maximum atomic E-state index is 12.9. The van der Waals surface area contributed by atoms with Gasteiger partial charge in [-0.1, -0.05) is 30.3 Å². The molecule has 0 spiro atoms. The minimum absolute atomic E-state index is 0.00690. The van der Waals surface area contributed by atoms with Crippen LogP contribution in [0.4, 0.5) is 0 Å². The molecule has 0 saturated heterocycles. The fourth-order valence-corrected chi connectivity index (χ4v) is 3.83. The number of carbonyl (C=O) groups is 2. The monoisotopic (exact) mass is 432 g/mol. The zero-order valence-electron chi connectivity index (χ0n) is 16.2. The average Bonchev–Trinajstić information content (AvgIpc) is 2.77. The molecule has 2 rings (SSSR count). The number of hydrogen-bond donors (Lipinski definition) is 1. The van der Waals surface area contributed by atoms with E-state index in [-0.39, 0.29) is 31.3 Å². The number of benzene rings is 2. The standard InChI is InChI=1S/C20H21N2O7P/c1-27-30(26,29-18-9-7-16(13-21)8-10-18)12-11-19(20(24)25)22(15-23)28-14-17-5-3-2-4-6-17/h2-10,15,19H,11-12,14H2,1H3,(H,24,25). The molecule has 0 aliphatic rings. The third kappa shape index (κ3) is 6.71. The molecular weight excluding hydrogens is 411 g/mol. The number of nitriles is 1. The molecule has 158 valence electrons. The molecule has 0 aliphatic carbocycles. The molecule has 2 aromatic rings. The van der Waals surface area contributed by atoms with Gasteiger partial charge >= 0.3 is 13.6 Å². The van der Waals surface area contributed by atoms with E-state index in [1.165, 1.54) is 31.4 Å². The Balaban J connectivity index is 2.03. The van der Waals surface area contributed by atoms with Gasteiger partial charge in [0.1, 0.15) is 12.4 Å². The summed E-state index contributed by atoms with van der Waals surface area (Å²) >= 11 is 0. The summed E-state index contributed by atoms with van der Waals surface area (Å²) in [6, 6.07) is 15.4. The van der Waals surface area contributed by atoms with Gasteiger partial charge < -0.3 is 14.2 Å². The number of aliphatic carboxylic acids is 1. The first-order valence-electron chi connectivity index (χ1n) is 8.88. The number of hydroxylamine groups is 2. The number of carboxylic acids is 1. The van der Waals surface area contributed by atoms with E-state index in [0.29, 0.717) is 10.6 Å². The van der Waals surface area contributed by atoms with Crippen molar-refractivity contribution < 1.29 is 33.1 Å². The van der Waals surface area contributed by atoms with Gasteiger partial charge in [-0.3, -0.25) is 9.63 Å². The minimum atomic E-state index is -3.71. The van der Waals surface area contributed by atoms with Crippen molar-refractivity contribution in [2.45, 2.75) is 19.1 Å². The summed E-state index contributed by atoms with van der Waals surface area (Å²) in [5, 5.41) is 19.0. The Kier molecular flexibility index (Phi) is 8.56. The fourth-order valence-electron chi connectivity index (χ4n) is 2.48. The smallest absolute Gasteiger partial charge is 0.379 e. The van der Waals surface area contributed by atoms with Crippen molar-refractivity contribution in [2.75, 3.05) is 13.3 Å². The van der Waals surface area contributed by atoms with E-state index >= 15 is 0 Å². The zero-order valence-corrected chi connectivity index (χ0v) is 17.1. The van der Waals surface area contributed by atoms with Crippen LogP contribution >= 0.6 is 7.60 Å². The van der Waals surface area contributed by atoms with Crippen LogP contribution in [0.1, 0.15) is 17.5 Å². The van der Waals surface area contributed by atoms with Crippen LogP contribution < -0.4 is 4.52 Å². The Morgan fingerprint density at radius 3 is 2.43 bits per heavy atom. The minimum Gasteiger partial charge on any atom is -0.480 e. The van der Waals surface area contributed by atoms with Gasteiger partial charge in [0.2, 0.25) is 6.41 Å². The Morgan fingerprint density at radius 1 is 1.23 bits per heavy atom. The van der Waals surface area contributed by atoms with E-state index in [0.717, 1.165) is 5.56 Å². The van der Waals surface area contributed by atoms with Crippen molar-refractivity contribution in [1.82, 2.24) is 5.06 Å². The predicted molar refractivity (Wildman–Crippen MR) is 106 cm³/mol. The third-order valence-electron chi connectivity index (χ3n) is 4.10. The number of rotatable bonds is 12. The second-order valence-corrected chi connectivity index (χ2v) is 8.33. The van der Waals surface area contributed by atoms with Crippen molar-refractivity contribution in [1.29, 1.82) is 5.26 Å². The largest absolute Gasteiger partial charge is 0.480 e. The molecule has 0 aromatic heterocycles. The number of carbonyl (C=O) groups excluding carboxylic acids is 1. The first-order valence-corrected chi connectivity index (χ1v) is 10.6. The molecule has 10 heteroatoms. The van der Waals surface area contributed by atoms with Crippen molar-refractivity contribution >= 4 is 20.0 Å². The molecule has 2 unspecified atom stereocenters. The Labute approximate surface area is 173 Å². The molecule has 0 heterocycles.